The fraction of sp³-hybridized carbons (Fsp3) is 0.250. The molecule has 0 bridgehead atoms. The van der Waals surface area contributed by atoms with Gasteiger partial charge >= 0.3 is 0 Å². The summed E-state index contributed by atoms with van der Waals surface area (Å²) in [6, 6.07) is 2.15. The van der Waals surface area contributed by atoms with Gasteiger partial charge in [-0.25, -0.2) is 0 Å². The van der Waals surface area contributed by atoms with Crippen molar-refractivity contribution in [3.05, 3.63) is 28.5 Å². The van der Waals surface area contributed by atoms with E-state index in [-0.39, 0.29) is 0 Å². The third kappa shape index (κ3) is 1.22. The molecular weight excluding hydrogens is 128 g/mol. The van der Waals surface area contributed by atoms with Gasteiger partial charge in [0.05, 0.1) is 0 Å². The molecule has 0 nitrogen and oxygen atoms in total. The first-order chi connectivity index (χ1) is 4.38. The average Bonchev–Trinajstić information content (AvgIpc) is 2.33. The molecule has 0 radical (unpaired) electrons. The molecule has 0 aliphatic heterocycles. The van der Waals surface area contributed by atoms with Gasteiger partial charge in [0.1, 0.15) is 0 Å². The molecule has 0 aliphatic rings. The Morgan fingerprint density at radius 2 is 2.56 bits per heavy atom. The van der Waals surface area contributed by atoms with Gasteiger partial charge in [-0.3, -0.25) is 0 Å². The van der Waals surface area contributed by atoms with Gasteiger partial charge in [-0.15, -0.1) is 11.3 Å². The van der Waals surface area contributed by atoms with E-state index in [0.717, 1.165) is 6.42 Å². The molecule has 0 N–H and O–H groups in total. The van der Waals surface area contributed by atoms with Gasteiger partial charge in [-0.1, -0.05) is 19.6 Å². The minimum Gasteiger partial charge on any atom is -0.144 e. The van der Waals surface area contributed by atoms with Gasteiger partial charge in [-0.05, 0) is 23.4 Å². The van der Waals surface area contributed by atoms with Crippen LogP contribution in [0.2, 0.25) is 0 Å². The molecule has 1 rings (SSSR count). The normalized spacial score (nSPS) is 9.44. The summed E-state index contributed by atoms with van der Waals surface area (Å²) < 4.78 is 0. The van der Waals surface area contributed by atoms with Crippen LogP contribution in [0.15, 0.2) is 18.0 Å². The second-order valence-corrected chi connectivity index (χ2v) is 2.82. The Labute approximate surface area is 59.8 Å². The first kappa shape index (κ1) is 6.56. The molecule has 0 spiro atoms. The number of hydrogen-bond donors (Lipinski definition) is 0. The van der Waals surface area contributed by atoms with Crippen LogP contribution >= 0.6 is 11.3 Å². The lowest BCUT2D eigenvalue weighted by atomic mass is 10.2. The summed E-state index contributed by atoms with van der Waals surface area (Å²) in [5.41, 5.74) is 1.41. The van der Waals surface area contributed by atoms with Crippen molar-refractivity contribution >= 4 is 17.4 Å². The highest BCUT2D eigenvalue weighted by Gasteiger charge is 1.94. The van der Waals surface area contributed by atoms with E-state index < -0.39 is 0 Å². The van der Waals surface area contributed by atoms with Crippen LogP contribution in [0.25, 0.3) is 6.08 Å². The number of hydrogen-bond acceptors (Lipinski definition) is 1. The lowest BCUT2D eigenvalue weighted by Gasteiger charge is -1.89. The van der Waals surface area contributed by atoms with E-state index in [1.165, 1.54) is 10.4 Å². The molecule has 0 aromatic carbocycles. The molecular formula is C8H10S. The Hall–Kier alpha value is -0.560. The van der Waals surface area contributed by atoms with E-state index in [9.17, 15) is 0 Å². The first-order valence-corrected chi connectivity index (χ1v) is 3.95. The Morgan fingerprint density at radius 3 is 3.00 bits per heavy atom. The Balaban J connectivity index is 2.98. The fourth-order valence-corrected chi connectivity index (χ4v) is 1.66. The van der Waals surface area contributed by atoms with Crippen molar-refractivity contribution < 1.29 is 0 Å². The molecule has 0 saturated carbocycles. The highest BCUT2D eigenvalue weighted by molar-refractivity contribution is 7.11. The van der Waals surface area contributed by atoms with E-state index in [0.29, 0.717) is 0 Å². The van der Waals surface area contributed by atoms with Crippen molar-refractivity contribution in [2.45, 2.75) is 13.3 Å². The zero-order valence-electron chi connectivity index (χ0n) is 5.55. The zero-order valence-corrected chi connectivity index (χ0v) is 6.37. The minimum atomic E-state index is 1.12. The Kier molecular flexibility index (Phi) is 2.06. The topological polar surface area (TPSA) is 0 Å². The summed E-state index contributed by atoms with van der Waals surface area (Å²) in [5.74, 6) is 0. The summed E-state index contributed by atoms with van der Waals surface area (Å²) >= 11 is 1.76. The van der Waals surface area contributed by atoms with Gasteiger partial charge in [0.25, 0.3) is 0 Å². The first-order valence-electron chi connectivity index (χ1n) is 3.07. The van der Waals surface area contributed by atoms with Crippen molar-refractivity contribution in [2.24, 2.45) is 0 Å². The number of rotatable bonds is 2. The minimum absolute atomic E-state index is 1.12. The molecule has 0 unspecified atom stereocenters. The molecule has 0 saturated heterocycles. The van der Waals surface area contributed by atoms with Crippen molar-refractivity contribution in [3.8, 4) is 0 Å². The van der Waals surface area contributed by atoms with Crippen molar-refractivity contribution in [1.82, 2.24) is 0 Å². The molecule has 9 heavy (non-hydrogen) atoms. The molecule has 1 heterocycles. The molecule has 1 aromatic rings. The van der Waals surface area contributed by atoms with Gasteiger partial charge in [0.15, 0.2) is 0 Å². The number of thiophene rings is 1. The quantitative estimate of drug-likeness (QED) is 0.589. The molecule has 0 fully saturated rings. The highest BCUT2D eigenvalue weighted by atomic mass is 32.1. The molecule has 48 valence electrons. The van der Waals surface area contributed by atoms with E-state index >= 15 is 0 Å². The van der Waals surface area contributed by atoms with Crippen LogP contribution < -0.4 is 0 Å². The van der Waals surface area contributed by atoms with E-state index in [2.05, 4.69) is 24.9 Å². The predicted octanol–water partition coefficient (Wildman–Crippen LogP) is 2.95. The van der Waals surface area contributed by atoms with Crippen molar-refractivity contribution in [3.63, 3.8) is 0 Å². The SMILES string of the molecule is C=Cc1sccc1CC. The summed E-state index contributed by atoms with van der Waals surface area (Å²) in [4.78, 5) is 1.32. The van der Waals surface area contributed by atoms with Gasteiger partial charge < -0.3 is 0 Å². The van der Waals surface area contributed by atoms with Crippen LogP contribution in [0, 0.1) is 0 Å². The maximum Gasteiger partial charge on any atom is 0.0296 e. The van der Waals surface area contributed by atoms with Gasteiger partial charge in [0.2, 0.25) is 0 Å². The fourth-order valence-electron chi connectivity index (χ4n) is 0.819. The second kappa shape index (κ2) is 2.83. The standard InChI is InChI=1S/C8H10S/c1-3-7-5-6-9-8(7)4-2/h4-6H,2-3H2,1H3. The third-order valence-electron chi connectivity index (χ3n) is 1.35. The number of aryl methyl sites for hydroxylation is 1. The highest BCUT2D eigenvalue weighted by Crippen LogP contribution is 2.17. The molecule has 0 amide bonds. The average molecular weight is 138 g/mol. The van der Waals surface area contributed by atoms with Gasteiger partial charge in [0, 0.05) is 4.88 Å². The predicted molar refractivity (Wildman–Crippen MR) is 43.8 cm³/mol. The van der Waals surface area contributed by atoms with E-state index in [4.69, 9.17) is 0 Å². The van der Waals surface area contributed by atoms with E-state index in [1.807, 2.05) is 6.08 Å². The summed E-state index contributed by atoms with van der Waals surface area (Å²) in [6.45, 7) is 5.88. The summed E-state index contributed by atoms with van der Waals surface area (Å²) in [7, 11) is 0. The molecule has 1 heteroatoms. The summed E-state index contributed by atoms with van der Waals surface area (Å²) in [5, 5.41) is 2.11. The van der Waals surface area contributed by atoms with Crippen LogP contribution in [-0.2, 0) is 6.42 Å². The lowest BCUT2D eigenvalue weighted by molar-refractivity contribution is 1.15. The van der Waals surface area contributed by atoms with Crippen molar-refractivity contribution in [1.29, 1.82) is 0 Å². The maximum atomic E-state index is 3.72. The Bertz CT molecular complexity index is 198. The lowest BCUT2D eigenvalue weighted by Crippen LogP contribution is -1.74. The van der Waals surface area contributed by atoms with E-state index in [1.54, 1.807) is 11.3 Å². The summed E-state index contributed by atoms with van der Waals surface area (Å²) in [6.07, 6.45) is 3.04. The third-order valence-corrected chi connectivity index (χ3v) is 2.30. The largest absolute Gasteiger partial charge is 0.144 e. The Morgan fingerprint density at radius 1 is 1.78 bits per heavy atom. The molecule has 0 atom stereocenters. The van der Waals surface area contributed by atoms with Crippen LogP contribution in [0.1, 0.15) is 17.4 Å². The smallest absolute Gasteiger partial charge is 0.0296 e. The van der Waals surface area contributed by atoms with Crippen LogP contribution in [0.4, 0.5) is 0 Å². The monoisotopic (exact) mass is 138 g/mol. The molecule has 0 aliphatic carbocycles. The van der Waals surface area contributed by atoms with Crippen LogP contribution in [-0.4, -0.2) is 0 Å². The van der Waals surface area contributed by atoms with Crippen LogP contribution in [0.3, 0.4) is 0 Å². The van der Waals surface area contributed by atoms with Crippen molar-refractivity contribution in [2.75, 3.05) is 0 Å². The van der Waals surface area contributed by atoms with Gasteiger partial charge in [-0.2, -0.15) is 0 Å². The second-order valence-electron chi connectivity index (χ2n) is 1.87. The zero-order chi connectivity index (χ0) is 6.69. The maximum absolute atomic E-state index is 3.72. The molecule has 1 aromatic heterocycles. The van der Waals surface area contributed by atoms with Crippen LogP contribution in [0.5, 0.6) is 0 Å².